The first-order valence-corrected chi connectivity index (χ1v) is 7.53. The summed E-state index contributed by atoms with van der Waals surface area (Å²) in [4.78, 5) is 23.5. The van der Waals surface area contributed by atoms with E-state index < -0.39 is 11.9 Å². The van der Waals surface area contributed by atoms with Crippen LogP contribution in [0, 0.1) is 11.3 Å². The second-order valence-corrected chi connectivity index (χ2v) is 5.28. The number of methoxy groups -OCH3 is 1. The van der Waals surface area contributed by atoms with Gasteiger partial charge in [-0.25, -0.2) is 4.79 Å². The first kappa shape index (κ1) is 18.0. The number of rotatable bonds is 5. The van der Waals surface area contributed by atoms with Gasteiger partial charge in [-0.3, -0.25) is 4.79 Å². The summed E-state index contributed by atoms with van der Waals surface area (Å²) in [6, 6.07) is 14.8. The number of amides is 1. The lowest BCUT2D eigenvalue weighted by atomic mass is 10.2. The molecule has 7 heteroatoms. The molecule has 2 N–H and O–H groups in total. The number of ether oxygens (including phenoxy) is 1. The zero-order valence-corrected chi connectivity index (χ0v) is 14.0. The van der Waals surface area contributed by atoms with Gasteiger partial charge in [-0.15, -0.1) is 0 Å². The number of benzene rings is 2. The number of nitrogens with zero attached hydrogens (tertiary/aromatic N) is 1. The van der Waals surface area contributed by atoms with Gasteiger partial charge in [-0.1, -0.05) is 17.7 Å². The van der Waals surface area contributed by atoms with Crippen LogP contribution >= 0.6 is 11.6 Å². The van der Waals surface area contributed by atoms with Crippen molar-refractivity contribution in [2.45, 2.75) is 0 Å². The second kappa shape index (κ2) is 8.52. The van der Waals surface area contributed by atoms with Crippen molar-refractivity contribution < 1.29 is 14.3 Å². The maximum Gasteiger partial charge on any atom is 0.337 e. The molecular formula is C18H14ClN3O3. The highest BCUT2D eigenvalue weighted by Gasteiger charge is 2.10. The van der Waals surface area contributed by atoms with E-state index >= 15 is 0 Å². The Balaban J connectivity index is 2.05. The number of carbonyl (C=O) groups is 2. The summed E-state index contributed by atoms with van der Waals surface area (Å²) in [6.07, 6.45) is 1.28. The van der Waals surface area contributed by atoms with Gasteiger partial charge in [0.05, 0.1) is 12.7 Å². The molecule has 126 valence electrons. The van der Waals surface area contributed by atoms with E-state index in [2.05, 4.69) is 15.4 Å². The molecule has 0 heterocycles. The van der Waals surface area contributed by atoms with Crippen molar-refractivity contribution in [3.63, 3.8) is 0 Å². The van der Waals surface area contributed by atoms with Crippen LogP contribution in [0.1, 0.15) is 10.4 Å². The third kappa shape index (κ3) is 5.09. The Labute approximate surface area is 149 Å². The monoisotopic (exact) mass is 355 g/mol. The van der Waals surface area contributed by atoms with Gasteiger partial charge >= 0.3 is 5.97 Å². The Kier molecular flexibility index (Phi) is 6.15. The van der Waals surface area contributed by atoms with Crippen molar-refractivity contribution in [3.8, 4) is 6.07 Å². The summed E-state index contributed by atoms with van der Waals surface area (Å²) in [5, 5.41) is 15.0. The molecule has 6 nitrogen and oxygen atoms in total. The molecular weight excluding hydrogens is 342 g/mol. The molecule has 0 radical (unpaired) electrons. The Bertz CT molecular complexity index is 855. The molecule has 0 saturated heterocycles. The first-order valence-electron chi connectivity index (χ1n) is 7.15. The molecule has 0 aliphatic rings. The lowest BCUT2D eigenvalue weighted by Crippen LogP contribution is -2.14. The number of esters is 1. The highest BCUT2D eigenvalue weighted by Crippen LogP contribution is 2.16. The van der Waals surface area contributed by atoms with E-state index in [0.29, 0.717) is 22.0 Å². The van der Waals surface area contributed by atoms with E-state index in [1.807, 2.05) is 6.07 Å². The van der Waals surface area contributed by atoms with Crippen molar-refractivity contribution in [2.24, 2.45) is 0 Å². The predicted octanol–water partition coefficient (Wildman–Crippen LogP) is 3.58. The Morgan fingerprint density at radius 1 is 1.16 bits per heavy atom. The molecule has 0 aliphatic carbocycles. The van der Waals surface area contributed by atoms with E-state index in [-0.39, 0.29) is 5.57 Å². The summed E-state index contributed by atoms with van der Waals surface area (Å²) < 4.78 is 4.61. The van der Waals surface area contributed by atoms with Gasteiger partial charge < -0.3 is 15.4 Å². The van der Waals surface area contributed by atoms with Crippen LogP contribution in [0.4, 0.5) is 11.4 Å². The fraction of sp³-hybridized carbons (Fsp3) is 0.0556. The summed E-state index contributed by atoms with van der Waals surface area (Å²) in [5.74, 6) is -1.01. The van der Waals surface area contributed by atoms with Crippen LogP contribution in [0.25, 0.3) is 0 Å². The molecule has 0 saturated carbocycles. The molecule has 0 atom stereocenters. The molecule has 2 aromatic carbocycles. The van der Waals surface area contributed by atoms with Crippen molar-refractivity contribution in [3.05, 3.63) is 70.9 Å². The van der Waals surface area contributed by atoms with Gasteiger partial charge in [-0.05, 0) is 42.5 Å². The molecule has 0 bridgehead atoms. The summed E-state index contributed by atoms with van der Waals surface area (Å²) >= 11 is 5.85. The molecule has 0 spiro atoms. The largest absolute Gasteiger partial charge is 0.465 e. The zero-order chi connectivity index (χ0) is 18.2. The predicted molar refractivity (Wildman–Crippen MR) is 95.2 cm³/mol. The molecule has 0 aromatic heterocycles. The van der Waals surface area contributed by atoms with E-state index in [1.165, 1.54) is 13.3 Å². The van der Waals surface area contributed by atoms with Crippen LogP contribution in [-0.4, -0.2) is 19.0 Å². The van der Waals surface area contributed by atoms with Crippen molar-refractivity contribution >= 4 is 34.9 Å². The van der Waals surface area contributed by atoms with Gasteiger partial charge in [0.15, 0.2) is 0 Å². The maximum absolute atomic E-state index is 12.1. The third-order valence-corrected chi connectivity index (χ3v) is 3.37. The highest BCUT2D eigenvalue weighted by molar-refractivity contribution is 6.31. The number of nitriles is 1. The second-order valence-electron chi connectivity index (χ2n) is 4.85. The smallest absolute Gasteiger partial charge is 0.337 e. The Morgan fingerprint density at radius 2 is 1.88 bits per heavy atom. The number of halogens is 1. The van der Waals surface area contributed by atoms with Crippen LogP contribution in [0.3, 0.4) is 0 Å². The van der Waals surface area contributed by atoms with Crippen LogP contribution in [0.15, 0.2) is 60.3 Å². The normalized spacial score (nSPS) is 10.5. The highest BCUT2D eigenvalue weighted by atomic mass is 35.5. The topological polar surface area (TPSA) is 91.2 Å². The minimum atomic E-state index is -0.566. The number of hydrogen-bond acceptors (Lipinski definition) is 5. The molecule has 0 fully saturated rings. The molecule has 2 rings (SSSR count). The van der Waals surface area contributed by atoms with Gasteiger partial charge in [0, 0.05) is 22.6 Å². The molecule has 0 unspecified atom stereocenters. The average Bonchev–Trinajstić information content (AvgIpc) is 2.62. The van der Waals surface area contributed by atoms with E-state index in [0.717, 1.165) is 0 Å². The van der Waals surface area contributed by atoms with Crippen molar-refractivity contribution in [2.75, 3.05) is 17.7 Å². The Morgan fingerprint density at radius 3 is 2.48 bits per heavy atom. The number of hydrogen-bond donors (Lipinski definition) is 2. The number of anilines is 2. The van der Waals surface area contributed by atoms with Crippen LogP contribution < -0.4 is 10.6 Å². The van der Waals surface area contributed by atoms with E-state index in [4.69, 9.17) is 16.9 Å². The fourth-order valence-electron chi connectivity index (χ4n) is 1.89. The van der Waals surface area contributed by atoms with Gasteiger partial charge in [0.25, 0.3) is 5.91 Å². The maximum atomic E-state index is 12.1. The Hall–Kier alpha value is -3.30. The van der Waals surface area contributed by atoms with Crippen molar-refractivity contribution in [1.82, 2.24) is 0 Å². The van der Waals surface area contributed by atoms with Crippen LogP contribution in [-0.2, 0) is 9.53 Å². The SMILES string of the molecule is COC(=O)c1ccc(N/C=C(/C#N)C(=O)Nc2cccc(Cl)c2)cc1. The van der Waals surface area contributed by atoms with E-state index in [1.54, 1.807) is 48.5 Å². The number of carbonyl (C=O) groups excluding carboxylic acids is 2. The van der Waals surface area contributed by atoms with E-state index in [9.17, 15) is 9.59 Å². The standard InChI is InChI=1S/C18H14ClN3O3/c1-25-18(24)12-5-7-15(8-6-12)21-11-13(10-20)17(23)22-16-4-2-3-14(19)9-16/h2-9,11,21H,1H3,(H,22,23)/b13-11-. The lowest BCUT2D eigenvalue weighted by Gasteiger charge is -2.06. The van der Waals surface area contributed by atoms with Crippen LogP contribution in [0.2, 0.25) is 5.02 Å². The first-order chi connectivity index (χ1) is 12.0. The number of nitrogens with one attached hydrogen (secondary N) is 2. The minimum absolute atomic E-state index is 0.114. The van der Waals surface area contributed by atoms with Crippen molar-refractivity contribution in [1.29, 1.82) is 5.26 Å². The third-order valence-electron chi connectivity index (χ3n) is 3.14. The van der Waals surface area contributed by atoms with Crippen LogP contribution in [0.5, 0.6) is 0 Å². The minimum Gasteiger partial charge on any atom is -0.465 e. The van der Waals surface area contributed by atoms with Gasteiger partial charge in [-0.2, -0.15) is 5.26 Å². The summed E-state index contributed by atoms with van der Waals surface area (Å²) in [5.41, 5.74) is 1.38. The summed E-state index contributed by atoms with van der Waals surface area (Å²) in [7, 11) is 1.30. The molecule has 0 aliphatic heterocycles. The lowest BCUT2D eigenvalue weighted by molar-refractivity contribution is -0.112. The average molecular weight is 356 g/mol. The zero-order valence-electron chi connectivity index (χ0n) is 13.2. The molecule has 2 aromatic rings. The quantitative estimate of drug-likeness (QED) is 0.486. The van der Waals surface area contributed by atoms with Gasteiger partial charge in [0.2, 0.25) is 0 Å². The molecule has 25 heavy (non-hydrogen) atoms. The summed E-state index contributed by atoms with van der Waals surface area (Å²) in [6.45, 7) is 0. The fourth-order valence-corrected chi connectivity index (χ4v) is 2.08. The molecule has 1 amide bonds. The van der Waals surface area contributed by atoms with Gasteiger partial charge in [0.1, 0.15) is 11.6 Å².